The summed E-state index contributed by atoms with van der Waals surface area (Å²) in [5.41, 5.74) is -0.479. The van der Waals surface area contributed by atoms with Gasteiger partial charge in [-0.05, 0) is 26.3 Å². The Labute approximate surface area is 89.1 Å². The van der Waals surface area contributed by atoms with Crippen LogP contribution in [0, 0.1) is 6.92 Å². The Morgan fingerprint density at radius 3 is 2.73 bits per heavy atom. The van der Waals surface area contributed by atoms with Crippen molar-refractivity contribution in [2.45, 2.75) is 38.3 Å². The predicted octanol–water partition coefficient (Wildman–Crippen LogP) is 0.725. The first kappa shape index (κ1) is 10.6. The molecule has 5 heteroatoms. The largest absolute Gasteiger partial charge is 0.389 e. The number of rotatable bonds is 4. The molecule has 0 aromatic carbocycles. The van der Waals surface area contributed by atoms with E-state index >= 15 is 0 Å². The van der Waals surface area contributed by atoms with Crippen molar-refractivity contribution in [2.75, 3.05) is 13.6 Å². The zero-order valence-corrected chi connectivity index (χ0v) is 9.23. The molecule has 1 aliphatic carbocycles. The molecule has 1 fully saturated rings. The minimum Gasteiger partial charge on any atom is -0.389 e. The maximum atomic E-state index is 9.96. The Hall–Kier alpha value is -0.940. The lowest BCUT2D eigenvalue weighted by Gasteiger charge is -2.39. The summed E-state index contributed by atoms with van der Waals surface area (Å²) in [7, 11) is 1.96. The Morgan fingerprint density at radius 2 is 2.27 bits per heavy atom. The second kappa shape index (κ2) is 3.90. The van der Waals surface area contributed by atoms with Crippen LogP contribution in [0.4, 0.5) is 0 Å². The molecule has 0 atom stereocenters. The van der Waals surface area contributed by atoms with Crippen molar-refractivity contribution in [2.24, 2.45) is 0 Å². The van der Waals surface area contributed by atoms with Crippen LogP contribution in [0.5, 0.6) is 0 Å². The molecule has 84 valence electrons. The minimum absolute atomic E-state index is 0.479. The Kier molecular flexibility index (Phi) is 2.75. The van der Waals surface area contributed by atoms with Crippen molar-refractivity contribution in [3.05, 3.63) is 11.7 Å². The van der Waals surface area contributed by atoms with Gasteiger partial charge in [-0.2, -0.15) is 4.98 Å². The van der Waals surface area contributed by atoms with Gasteiger partial charge < -0.3 is 9.63 Å². The minimum atomic E-state index is -0.479. The fourth-order valence-corrected chi connectivity index (χ4v) is 1.95. The molecule has 1 N–H and O–H groups in total. The van der Waals surface area contributed by atoms with E-state index < -0.39 is 5.60 Å². The van der Waals surface area contributed by atoms with Gasteiger partial charge in [-0.25, -0.2) is 0 Å². The number of aryl methyl sites for hydroxylation is 1. The van der Waals surface area contributed by atoms with Gasteiger partial charge in [-0.3, -0.25) is 4.90 Å². The van der Waals surface area contributed by atoms with E-state index in [1.807, 2.05) is 11.9 Å². The molecule has 0 saturated heterocycles. The molecule has 2 rings (SSSR count). The van der Waals surface area contributed by atoms with E-state index in [9.17, 15) is 5.11 Å². The van der Waals surface area contributed by atoms with E-state index in [1.165, 1.54) is 0 Å². The van der Waals surface area contributed by atoms with Crippen LogP contribution in [0.3, 0.4) is 0 Å². The Morgan fingerprint density at radius 1 is 1.53 bits per heavy atom. The number of nitrogens with zero attached hydrogens (tertiary/aromatic N) is 3. The summed E-state index contributed by atoms with van der Waals surface area (Å²) < 4.78 is 4.89. The average molecular weight is 211 g/mol. The molecule has 0 unspecified atom stereocenters. The first-order chi connectivity index (χ1) is 7.07. The van der Waals surface area contributed by atoms with Gasteiger partial charge in [0.1, 0.15) is 0 Å². The molecule has 15 heavy (non-hydrogen) atoms. The van der Waals surface area contributed by atoms with Crippen LogP contribution < -0.4 is 0 Å². The van der Waals surface area contributed by atoms with Crippen molar-refractivity contribution in [1.82, 2.24) is 15.0 Å². The van der Waals surface area contributed by atoms with Gasteiger partial charge >= 0.3 is 0 Å². The molecule has 5 nitrogen and oxygen atoms in total. The second-order valence-electron chi connectivity index (χ2n) is 4.48. The van der Waals surface area contributed by atoms with Gasteiger partial charge in [0.15, 0.2) is 5.82 Å². The molecule has 0 bridgehead atoms. The van der Waals surface area contributed by atoms with E-state index in [0.29, 0.717) is 24.8 Å². The van der Waals surface area contributed by atoms with Crippen LogP contribution in [-0.4, -0.2) is 39.3 Å². The normalized spacial score (nSPS) is 19.2. The highest BCUT2D eigenvalue weighted by molar-refractivity contribution is 4.91. The maximum Gasteiger partial charge on any atom is 0.223 e. The first-order valence-corrected chi connectivity index (χ1v) is 5.28. The Bertz CT molecular complexity index is 333. The summed E-state index contributed by atoms with van der Waals surface area (Å²) >= 11 is 0. The van der Waals surface area contributed by atoms with Crippen molar-refractivity contribution < 1.29 is 9.63 Å². The number of hydrogen-bond acceptors (Lipinski definition) is 5. The van der Waals surface area contributed by atoms with Crippen molar-refractivity contribution in [1.29, 1.82) is 0 Å². The van der Waals surface area contributed by atoms with E-state index in [2.05, 4.69) is 10.1 Å². The van der Waals surface area contributed by atoms with Gasteiger partial charge in [0.25, 0.3) is 0 Å². The van der Waals surface area contributed by atoms with Crippen LogP contribution in [0.2, 0.25) is 0 Å². The highest BCUT2D eigenvalue weighted by Gasteiger charge is 2.35. The van der Waals surface area contributed by atoms with Gasteiger partial charge in [0.2, 0.25) is 5.89 Å². The summed E-state index contributed by atoms with van der Waals surface area (Å²) in [6.07, 6.45) is 2.94. The molecule has 1 aliphatic rings. The molecular formula is C10H17N3O2. The van der Waals surface area contributed by atoms with Gasteiger partial charge in [-0.1, -0.05) is 5.16 Å². The topological polar surface area (TPSA) is 62.4 Å². The van der Waals surface area contributed by atoms with Crippen molar-refractivity contribution in [3.8, 4) is 0 Å². The zero-order valence-electron chi connectivity index (χ0n) is 9.23. The molecule has 0 amide bonds. The Balaban J connectivity index is 1.84. The lowest BCUT2D eigenvalue weighted by Crippen LogP contribution is -2.46. The molecule has 1 heterocycles. The van der Waals surface area contributed by atoms with Crippen molar-refractivity contribution in [3.63, 3.8) is 0 Å². The second-order valence-corrected chi connectivity index (χ2v) is 4.48. The maximum absolute atomic E-state index is 9.96. The van der Waals surface area contributed by atoms with Crippen molar-refractivity contribution >= 4 is 0 Å². The number of aliphatic hydroxyl groups is 1. The molecule has 0 aliphatic heterocycles. The van der Waals surface area contributed by atoms with Crippen LogP contribution in [0.1, 0.15) is 31.0 Å². The fraction of sp³-hybridized carbons (Fsp3) is 0.800. The lowest BCUT2D eigenvalue weighted by atomic mass is 9.80. The summed E-state index contributed by atoms with van der Waals surface area (Å²) in [4.78, 5) is 6.15. The predicted molar refractivity (Wildman–Crippen MR) is 54.2 cm³/mol. The molecule has 0 spiro atoms. The summed E-state index contributed by atoms with van der Waals surface area (Å²) in [6.45, 7) is 3.08. The molecular weight excluding hydrogens is 194 g/mol. The number of likely N-dealkylation sites (N-methyl/N-ethyl adjacent to an activating group) is 1. The van der Waals surface area contributed by atoms with Crippen LogP contribution in [0.25, 0.3) is 0 Å². The average Bonchev–Trinajstić information content (AvgIpc) is 2.48. The van der Waals surface area contributed by atoms with E-state index in [-0.39, 0.29) is 0 Å². The third-order valence-corrected chi connectivity index (χ3v) is 2.83. The highest BCUT2D eigenvalue weighted by Crippen LogP contribution is 2.32. The summed E-state index contributed by atoms with van der Waals surface area (Å²) in [5, 5.41) is 13.8. The molecule has 0 radical (unpaired) electrons. The standard InChI is InChI=1S/C10H17N3O2/c1-8-11-9(12-15-8)6-13(2)7-10(14)4-3-5-10/h14H,3-7H2,1-2H3. The summed E-state index contributed by atoms with van der Waals surface area (Å²) in [6, 6.07) is 0. The SMILES string of the molecule is Cc1nc(CN(C)CC2(O)CCC2)no1. The third-order valence-electron chi connectivity index (χ3n) is 2.83. The van der Waals surface area contributed by atoms with Gasteiger partial charge in [0.05, 0.1) is 12.1 Å². The quantitative estimate of drug-likeness (QED) is 0.795. The first-order valence-electron chi connectivity index (χ1n) is 5.28. The van der Waals surface area contributed by atoms with Crippen LogP contribution in [0.15, 0.2) is 4.52 Å². The molecule has 1 aromatic rings. The number of aromatic nitrogens is 2. The fourth-order valence-electron chi connectivity index (χ4n) is 1.95. The smallest absolute Gasteiger partial charge is 0.223 e. The van der Waals surface area contributed by atoms with Crippen LogP contribution >= 0.6 is 0 Å². The highest BCUT2D eigenvalue weighted by atomic mass is 16.5. The van der Waals surface area contributed by atoms with Gasteiger partial charge in [0, 0.05) is 13.5 Å². The monoisotopic (exact) mass is 211 g/mol. The zero-order chi connectivity index (χ0) is 10.9. The summed E-state index contributed by atoms with van der Waals surface area (Å²) in [5.74, 6) is 1.26. The van der Waals surface area contributed by atoms with Gasteiger partial charge in [-0.15, -0.1) is 0 Å². The van der Waals surface area contributed by atoms with Crippen LogP contribution in [-0.2, 0) is 6.54 Å². The number of hydrogen-bond donors (Lipinski definition) is 1. The lowest BCUT2D eigenvalue weighted by molar-refractivity contribution is -0.0559. The van der Waals surface area contributed by atoms with E-state index in [4.69, 9.17) is 4.52 Å². The van der Waals surface area contributed by atoms with E-state index in [0.717, 1.165) is 19.3 Å². The molecule has 1 aromatic heterocycles. The molecule has 1 saturated carbocycles. The van der Waals surface area contributed by atoms with E-state index in [1.54, 1.807) is 6.92 Å². The third kappa shape index (κ3) is 2.54.